The zero-order valence-electron chi connectivity index (χ0n) is 20.8. The summed E-state index contributed by atoms with van der Waals surface area (Å²) < 4.78 is 19.0. The van der Waals surface area contributed by atoms with Crippen LogP contribution < -0.4 is 10.1 Å². The van der Waals surface area contributed by atoms with Gasteiger partial charge in [0.15, 0.2) is 6.39 Å². The molecule has 5 rings (SSSR count). The maximum atomic E-state index is 13.8. The van der Waals surface area contributed by atoms with E-state index in [2.05, 4.69) is 19.8 Å². The van der Waals surface area contributed by atoms with Crippen LogP contribution in [0.3, 0.4) is 0 Å². The maximum Gasteiger partial charge on any atom is 0.254 e. The van der Waals surface area contributed by atoms with Crippen LogP contribution in [0, 0.1) is 6.92 Å². The van der Waals surface area contributed by atoms with E-state index in [1.165, 1.54) is 6.39 Å². The van der Waals surface area contributed by atoms with Crippen molar-refractivity contribution in [2.75, 3.05) is 40.0 Å². The van der Waals surface area contributed by atoms with Crippen LogP contribution in [0.5, 0.6) is 5.75 Å². The number of fused-ring (bicyclic) bond motifs is 1. The van der Waals surface area contributed by atoms with Crippen molar-refractivity contribution in [2.24, 2.45) is 0 Å². The number of carbonyl (C=O) groups is 1. The van der Waals surface area contributed by atoms with E-state index in [-0.39, 0.29) is 11.9 Å². The molecule has 0 spiro atoms. The lowest BCUT2D eigenvalue weighted by molar-refractivity contribution is 0.0365. The minimum Gasteiger partial charge on any atom is -0.495 e. The van der Waals surface area contributed by atoms with Gasteiger partial charge < -0.3 is 23.8 Å². The Kier molecular flexibility index (Phi) is 7.34. The molecule has 0 radical (unpaired) electrons. The molecule has 1 fully saturated rings. The number of hydrogen-bond acceptors (Lipinski definition) is 6. The summed E-state index contributed by atoms with van der Waals surface area (Å²) in [5, 5.41) is 4.10. The van der Waals surface area contributed by atoms with Gasteiger partial charge in [-0.3, -0.25) is 9.69 Å². The Balaban J connectivity index is 1.47. The predicted molar refractivity (Wildman–Crippen MR) is 137 cm³/mol. The van der Waals surface area contributed by atoms with E-state index >= 15 is 0 Å². The minimum absolute atomic E-state index is 0.145. The van der Waals surface area contributed by atoms with Gasteiger partial charge in [-0.25, -0.2) is 4.98 Å². The number of nitrogens with one attached hydrogen (secondary N) is 1. The highest BCUT2D eigenvalue weighted by molar-refractivity contribution is 6.09. The van der Waals surface area contributed by atoms with Gasteiger partial charge >= 0.3 is 0 Å². The Morgan fingerprint density at radius 2 is 1.92 bits per heavy atom. The van der Waals surface area contributed by atoms with E-state index in [1.807, 2.05) is 55.5 Å². The average Bonchev–Trinajstić information content (AvgIpc) is 3.54. The molecular weight excluding hydrogens is 456 g/mol. The summed E-state index contributed by atoms with van der Waals surface area (Å²) in [5.41, 5.74) is 3.61. The predicted octanol–water partition coefficient (Wildman–Crippen LogP) is 3.99. The Morgan fingerprint density at radius 1 is 1.11 bits per heavy atom. The number of nitrogens with zero attached hydrogens (tertiary/aromatic N) is 3. The van der Waals surface area contributed by atoms with Crippen LogP contribution in [-0.2, 0) is 17.7 Å². The van der Waals surface area contributed by atoms with Gasteiger partial charge in [-0.05, 0) is 25.0 Å². The highest BCUT2D eigenvalue weighted by Crippen LogP contribution is 2.33. The SMILES string of the molecule is COc1cccc2c(C(=O)N[C@@H](Cc3ccccc3)c3cnco3)c(C)n(CCN3CCOCC3)c12. The second-order valence-electron chi connectivity index (χ2n) is 9.04. The van der Waals surface area contributed by atoms with Gasteiger partial charge in [0.2, 0.25) is 0 Å². The van der Waals surface area contributed by atoms with Crippen molar-refractivity contribution >= 4 is 16.8 Å². The molecule has 1 atom stereocenters. The molecule has 0 aliphatic carbocycles. The van der Waals surface area contributed by atoms with Crippen LogP contribution in [0.2, 0.25) is 0 Å². The third-order valence-electron chi connectivity index (χ3n) is 6.88. The summed E-state index contributed by atoms with van der Waals surface area (Å²) in [6.07, 6.45) is 3.66. The van der Waals surface area contributed by atoms with Gasteiger partial charge in [0.05, 0.1) is 43.6 Å². The Morgan fingerprint density at radius 3 is 2.64 bits per heavy atom. The molecule has 1 aliphatic rings. The molecule has 8 heteroatoms. The number of hydrogen-bond donors (Lipinski definition) is 1. The van der Waals surface area contributed by atoms with Crippen LogP contribution >= 0.6 is 0 Å². The third-order valence-corrected chi connectivity index (χ3v) is 6.88. The minimum atomic E-state index is -0.348. The average molecular weight is 489 g/mol. The van der Waals surface area contributed by atoms with Gasteiger partial charge in [0, 0.05) is 37.3 Å². The van der Waals surface area contributed by atoms with Gasteiger partial charge in [-0.2, -0.15) is 0 Å². The van der Waals surface area contributed by atoms with Crippen LogP contribution in [0.4, 0.5) is 0 Å². The fraction of sp³-hybridized carbons (Fsp3) is 0.357. The van der Waals surface area contributed by atoms with Gasteiger partial charge in [0.25, 0.3) is 5.91 Å². The molecule has 1 aliphatic heterocycles. The number of aromatic nitrogens is 2. The molecular formula is C28H32N4O4. The van der Waals surface area contributed by atoms with Crippen LogP contribution in [0.25, 0.3) is 10.9 Å². The second-order valence-corrected chi connectivity index (χ2v) is 9.04. The number of amides is 1. The fourth-order valence-corrected chi connectivity index (χ4v) is 5.00. The summed E-state index contributed by atoms with van der Waals surface area (Å²) in [6.45, 7) is 6.99. The number of benzene rings is 2. The Hall–Kier alpha value is -3.62. The van der Waals surface area contributed by atoms with Crippen LogP contribution in [0.1, 0.15) is 33.4 Å². The summed E-state index contributed by atoms with van der Waals surface area (Å²) in [4.78, 5) is 20.3. The number of ether oxygens (including phenoxy) is 2. The summed E-state index contributed by atoms with van der Waals surface area (Å²) in [7, 11) is 1.67. The monoisotopic (exact) mass is 488 g/mol. The Bertz CT molecular complexity index is 1290. The van der Waals surface area contributed by atoms with Crippen LogP contribution in [-0.4, -0.2) is 60.3 Å². The van der Waals surface area contributed by atoms with E-state index in [0.29, 0.717) is 17.7 Å². The molecule has 2 aromatic heterocycles. The number of methoxy groups -OCH3 is 1. The zero-order valence-corrected chi connectivity index (χ0v) is 20.8. The topological polar surface area (TPSA) is 81.8 Å². The largest absolute Gasteiger partial charge is 0.495 e. The Labute approximate surface area is 210 Å². The normalized spacial score (nSPS) is 15.2. The number of para-hydroxylation sites is 1. The molecule has 36 heavy (non-hydrogen) atoms. The molecule has 0 saturated carbocycles. The number of rotatable bonds is 9. The van der Waals surface area contributed by atoms with E-state index in [9.17, 15) is 4.79 Å². The molecule has 3 heterocycles. The van der Waals surface area contributed by atoms with Gasteiger partial charge in [-0.1, -0.05) is 42.5 Å². The quantitative estimate of drug-likeness (QED) is 0.384. The number of oxazole rings is 1. The van der Waals surface area contributed by atoms with Crippen molar-refractivity contribution < 1.29 is 18.7 Å². The fourth-order valence-electron chi connectivity index (χ4n) is 5.00. The molecule has 0 bridgehead atoms. The molecule has 1 amide bonds. The third kappa shape index (κ3) is 5.01. The first-order valence-corrected chi connectivity index (χ1v) is 12.3. The zero-order chi connectivity index (χ0) is 24.9. The number of carbonyl (C=O) groups excluding carboxylic acids is 1. The van der Waals surface area contributed by atoms with Crippen molar-refractivity contribution in [3.63, 3.8) is 0 Å². The van der Waals surface area contributed by atoms with E-state index < -0.39 is 0 Å². The highest BCUT2D eigenvalue weighted by atomic mass is 16.5. The molecule has 0 unspecified atom stereocenters. The lowest BCUT2D eigenvalue weighted by Crippen LogP contribution is -2.38. The molecule has 8 nitrogen and oxygen atoms in total. The summed E-state index contributed by atoms with van der Waals surface area (Å²) in [6, 6.07) is 15.6. The molecule has 188 valence electrons. The van der Waals surface area contributed by atoms with Crippen molar-refractivity contribution in [3.8, 4) is 5.75 Å². The van der Waals surface area contributed by atoms with Crippen molar-refractivity contribution in [1.82, 2.24) is 19.8 Å². The molecule has 1 N–H and O–H groups in total. The van der Waals surface area contributed by atoms with Crippen LogP contribution in [0.15, 0.2) is 65.5 Å². The first-order valence-electron chi connectivity index (χ1n) is 12.3. The highest BCUT2D eigenvalue weighted by Gasteiger charge is 2.26. The standard InChI is InChI=1S/C28H32N4O4/c1-20-26(28(33)30-23(25-18-29-19-36-25)17-21-7-4-3-5-8-21)22-9-6-10-24(34-2)27(22)32(20)12-11-31-13-15-35-16-14-31/h3-10,18-19,23H,11-17H2,1-2H3,(H,30,33)/t23-/m0/s1. The van der Waals surface area contributed by atoms with Crippen molar-refractivity contribution in [2.45, 2.75) is 25.9 Å². The number of morpholine rings is 1. The smallest absolute Gasteiger partial charge is 0.254 e. The summed E-state index contributed by atoms with van der Waals surface area (Å²) in [5.74, 6) is 1.24. The van der Waals surface area contributed by atoms with E-state index in [0.717, 1.165) is 67.3 Å². The van der Waals surface area contributed by atoms with Gasteiger partial charge in [0.1, 0.15) is 11.5 Å². The second kappa shape index (κ2) is 11.0. The van der Waals surface area contributed by atoms with Crippen molar-refractivity contribution in [1.29, 1.82) is 0 Å². The van der Waals surface area contributed by atoms with E-state index in [4.69, 9.17) is 13.9 Å². The first-order chi connectivity index (χ1) is 17.7. The lowest BCUT2D eigenvalue weighted by atomic mass is 10.0. The van der Waals surface area contributed by atoms with E-state index in [1.54, 1.807) is 13.3 Å². The van der Waals surface area contributed by atoms with Gasteiger partial charge in [-0.15, -0.1) is 0 Å². The molecule has 1 saturated heterocycles. The summed E-state index contributed by atoms with van der Waals surface area (Å²) >= 11 is 0. The van der Waals surface area contributed by atoms with Crippen molar-refractivity contribution in [3.05, 3.63) is 83.7 Å². The molecule has 4 aromatic rings. The lowest BCUT2D eigenvalue weighted by Gasteiger charge is -2.27. The first kappa shape index (κ1) is 24.1. The maximum absolute atomic E-state index is 13.8. The molecule has 2 aromatic carbocycles.